The quantitative estimate of drug-likeness (QED) is 0.243. The molecular formula is C25H37NO11. The molecule has 0 amide bonds. The standard InChI is InChI=1S/C25H37NO11/c1-13(2)32-22(29)35-18-10-9-16(12-19(18)36-23(30)33-14(3)4)17(20(26)21(27)28)11-15(5)34-24(31)37-25(6,7)8/h9-10,12-15,17,20H,11,26H2,1-8H3,(H,27,28)/t15?,17?,20-/m0/s1. The van der Waals surface area contributed by atoms with Crippen LogP contribution in [0.2, 0.25) is 0 Å². The van der Waals surface area contributed by atoms with Crippen molar-refractivity contribution in [2.45, 2.75) is 97.7 Å². The number of ether oxygens (including phenoxy) is 6. The fraction of sp³-hybridized carbons (Fsp3) is 0.600. The molecule has 0 radical (unpaired) electrons. The minimum atomic E-state index is -1.42. The van der Waals surface area contributed by atoms with Gasteiger partial charge in [-0.2, -0.15) is 0 Å². The first-order valence-corrected chi connectivity index (χ1v) is 11.8. The molecule has 2 unspecified atom stereocenters. The number of hydrogen-bond donors (Lipinski definition) is 2. The number of aliphatic carboxylic acids is 1. The number of carboxylic acid groups (broad SMARTS) is 1. The number of benzene rings is 1. The molecule has 0 aromatic heterocycles. The van der Waals surface area contributed by atoms with Crippen LogP contribution in [-0.2, 0) is 23.7 Å². The molecule has 0 aliphatic carbocycles. The van der Waals surface area contributed by atoms with Crippen LogP contribution in [0.1, 0.15) is 73.3 Å². The van der Waals surface area contributed by atoms with E-state index in [1.807, 2.05) is 0 Å². The van der Waals surface area contributed by atoms with E-state index in [9.17, 15) is 24.3 Å². The van der Waals surface area contributed by atoms with E-state index in [1.165, 1.54) is 18.2 Å². The van der Waals surface area contributed by atoms with E-state index in [1.54, 1.807) is 55.4 Å². The molecule has 37 heavy (non-hydrogen) atoms. The zero-order chi connectivity index (χ0) is 28.5. The van der Waals surface area contributed by atoms with E-state index in [0.717, 1.165) is 0 Å². The Labute approximate surface area is 216 Å². The lowest BCUT2D eigenvalue weighted by molar-refractivity contribution is -0.139. The van der Waals surface area contributed by atoms with Crippen LogP contribution in [0.4, 0.5) is 14.4 Å². The maximum absolute atomic E-state index is 12.2. The number of carboxylic acids is 1. The first-order chi connectivity index (χ1) is 17.0. The summed E-state index contributed by atoms with van der Waals surface area (Å²) in [7, 11) is 0. The Bertz CT molecular complexity index is 952. The number of carbonyl (C=O) groups excluding carboxylic acids is 3. The molecule has 0 aliphatic rings. The summed E-state index contributed by atoms with van der Waals surface area (Å²) in [5.41, 5.74) is 5.49. The van der Waals surface area contributed by atoms with Gasteiger partial charge in [0.1, 0.15) is 17.7 Å². The van der Waals surface area contributed by atoms with Gasteiger partial charge in [-0.15, -0.1) is 0 Å². The lowest BCUT2D eigenvalue weighted by Crippen LogP contribution is -2.38. The Morgan fingerprint density at radius 2 is 1.35 bits per heavy atom. The van der Waals surface area contributed by atoms with Gasteiger partial charge in [0, 0.05) is 5.92 Å². The Balaban J connectivity index is 3.32. The summed E-state index contributed by atoms with van der Waals surface area (Å²) in [4.78, 5) is 48.0. The third kappa shape index (κ3) is 11.8. The third-order valence-corrected chi connectivity index (χ3v) is 4.44. The van der Waals surface area contributed by atoms with Gasteiger partial charge < -0.3 is 39.3 Å². The Morgan fingerprint density at radius 1 is 0.838 bits per heavy atom. The summed E-state index contributed by atoms with van der Waals surface area (Å²) in [5, 5.41) is 9.58. The van der Waals surface area contributed by atoms with Crippen LogP contribution < -0.4 is 15.2 Å². The van der Waals surface area contributed by atoms with Crippen LogP contribution in [0.25, 0.3) is 0 Å². The average Bonchev–Trinajstić information content (AvgIpc) is 2.70. The number of carbonyl (C=O) groups is 4. The SMILES string of the molecule is CC(C)OC(=O)Oc1ccc(C(CC(C)OC(=O)OC(C)(C)C)[C@H](N)C(=O)O)cc1OC(=O)OC(C)C. The fourth-order valence-corrected chi connectivity index (χ4v) is 3.04. The molecule has 0 saturated carbocycles. The van der Waals surface area contributed by atoms with Crippen molar-refractivity contribution in [3.8, 4) is 11.5 Å². The second-order valence-corrected chi connectivity index (χ2v) is 9.84. The van der Waals surface area contributed by atoms with Gasteiger partial charge in [0.05, 0.1) is 12.2 Å². The van der Waals surface area contributed by atoms with Crippen LogP contribution in [0, 0.1) is 0 Å². The lowest BCUT2D eigenvalue weighted by Gasteiger charge is -2.26. The normalized spacial score (nSPS) is 13.8. The van der Waals surface area contributed by atoms with Crippen molar-refractivity contribution in [2.24, 2.45) is 5.73 Å². The molecule has 0 aliphatic heterocycles. The van der Waals surface area contributed by atoms with Crippen LogP contribution in [-0.4, -0.2) is 59.5 Å². The van der Waals surface area contributed by atoms with E-state index in [2.05, 4.69) is 0 Å². The first-order valence-electron chi connectivity index (χ1n) is 11.8. The summed E-state index contributed by atoms with van der Waals surface area (Å²) in [6.07, 6.45) is -4.81. The highest BCUT2D eigenvalue weighted by Gasteiger charge is 2.31. The van der Waals surface area contributed by atoms with E-state index >= 15 is 0 Å². The van der Waals surface area contributed by atoms with E-state index in [0.29, 0.717) is 5.56 Å². The van der Waals surface area contributed by atoms with Gasteiger partial charge in [0.15, 0.2) is 11.5 Å². The summed E-state index contributed by atoms with van der Waals surface area (Å²) in [5.74, 6) is -2.62. The van der Waals surface area contributed by atoms with Crippen LogP contribution in [0.3, 0.4) is 0 Å². The molecule has 12 heteroatoms. The summed E-state index contributed by atoms with van der Waals surface area (Å²) < 4.78 is 30.7. The Hall–Kier alpha value is -3.54. The summed E-state index contributed by atoms with van der Waals surface area (Å²) in [6, 6.07) is 2.63. The van der Waals surface area contributed by atoms with Crippen molar-refractivity contribution in [3.05, 3.63) is 23.8 Å². The van der Waals surface area contributed by atoms with Gasteiger partial charge in [0.25, 0.3) is 0 Å². The van der Waals surface area contributed by atoms with Gasteiger partial charge in [-0.05, 0) is 79.5 Å². The van der Waals surface area contributed by atoms with E-state index < -0.39 is 60.3 Å². The maximum atomic E-state index is 12.2. The van der Waals surface area contributed by atoms with Crippen molar-refractivity contribution >= 4 is 24.4 Å². The second kappa shape index (κ2) is 13.7. The van der Waals surface area contributed by atoms with E-state index in [4.69, 9.17) is 34.2 Å². The molecule has 0 bridgehead atoms. The third-order valence-electron chi connectivity index (χ3n) is 4.44. The molecule has 1 aromatic carbocycles. The fourth-order valence-electron chi connectivity index (χ4n) is 3.04. The lowest BCUT2D eigenvalue weighted by atomic mass is 9.87. The average molecular weight is 528 g/mol. The first kappa shape index (κ1) is 31.5. The molecule has 0 spiro atoms. The van der Waals surface area contributed by atoms with Crippen molar-refractivity contribution in [1.82, 2.24) is 0 Å². The minimum absolute atomic E-state index is 0.0157. The molecule has 3 N–H and O–H groups in total. The zero-order valence-electron chi connectivity index (χ0n) is 22.4. The predicted molar refractivity (Wildman–Crippen MR) is 131 cm³/mol. The zero-order valence-corrected chi connectivity index (χ0v) is 22.4. The Kier molecular flexibility index (Phi) is 11.6. The van der Waals surface area contributed by atoms with Gasteiger partial charge >= 0.3 is 24.4 Å². The van der Waals surface area contributed by atoms with Gasteiger partial charge in [-0.25, -0.2) is 14.4 Å². The molecule has 0 fully saturated rings. The number of rotatable bonds is 10. The van der Waals surface area contributed by atoms with E-state index in [-0.39, 0.29) is 17.9 Å². The molecular weight excluding hydrogens is 490 g/mol. The Morgan fingerprint density at radius 3 is 1.81 bits per heavy atom. The summed E-state index contributed by atoms with van der Waals surface area (Å²) >= 11 is 0. The smallest absolute Gasteiger partial charge is 0.480 e. The number of nitrogens with two attached hydrogens (primary N) is 1. The van der Waals surface area contributed by atoms with Crippen molar-refractivity contribution < 1.29 is 52.7 Å². The molecule has 1 aromatic rings. The molecule has 0 saturated heterocycles. The van der Waals surface area contributed by atoms with Crippen molar-refractivity contribution in [3.63, 3.8) is 0 Å². The molecule has 3 atom stereocenters. The molecule has 0 heterocycles. The highest BCUT2D eigenvalue weighted by atomic mass is 16.8. The largest absolute Gasteiger partial charge is 0.514 e. The number of hydrogen-bond acceptors (Lipinski definition) is 11. The maximum Gasteiger partial charge on any atom is 0.514 e. The second-order valence-electron chi connectivity index (χ2n) is 9.84. The van der Waals surface area contributed by atoms with Gasteiger partial charge in [0.2, 0.25) is 0 Å². The van der Waals surface area contributed by atoms with Crippen molar-refractivity contribution in [2.75, 3.05) is 0 Å². The van der Waals surface area contributed by atoms with Gasteiger partial charge in [-0.1, -0.05) is 6.07 Å². The molecule has 1 rings (SSSR count). The highest BCUT2D eigenvalue weighted by Crippen LogP contribution is 2.35. The molecule has 208 valence electrons. The van der Waals surface area contributed by atoms with Gasteiger partial charge in [-0.3, -0.25) is 4.79 Å². The minimum Gasteiger partial charge on any atom is -0.480 e. The van der Waals surface area contributed by atoms with Crippen LogP contribution in [0.5, 0.6) is 11.5 Å². The summed E-state index contributed by atoms with van der Waals surface area (Å²) in [6.45, 7) is 13.1. The molecule has 12 nitrogen and oxygen atoms in total. The predicted octanol–water partition coefficient (Wildman–Crippen LogP) is 4.76. The monoisotopic (exact) mass is 527 g/mol. The van der Waals surface area contributed by atoms with Crippen molar-refractivity contribution in [1.29, 1.82) is 0 Å². The highest BCUT2D eigenvalue weighted by molar-refractivity contribution is 5.75. The van der Waals surface area contributed by atoms with Crippen LogP contribution in [0.15, 0.2) is 18.2 Å². The topological polar surface area (TPSA) is 170 Å². The van der Waals surface area contributed by atoms with Crippen LogP contribution >= 0.6 is 0 Å².